The zero-order valence-corrected chi connectivity index (χ0v) is 18.3. The Hall–Kier alpha value is -2.08. The highest BCUT2D eigenvalue weighted by atomic mass is 35.5. The summed E-state index contributed by atoms with van der Waals surface area (Å²) in [5, 5.41) is 0. The van der Waals surface area contributed by atoms with Crippen LogP contribution < -0.4 is 10.5 Å². The van der Waals surface area contributed by atoms with Gasteiger partial charge in [-0.1, -0.05) is 48.5 Å². The van der Waals surface area contributed by atoms with Crippen LogP contribution in [0.3, 0.4) is 0 Å². The van der Waals surface area contributed by atoms with Gasteiger partial charge in [-0.25, -0.2) is 0 Å². The maximum absolute atomic E-state index is 13.0. The average molecular weight is 418 g/mol. The molecule has 1 aliphatic rings. The number of likely N-dealkylation sites (tertiary alicyclic amines) is 1. The van der Waals surface area contributed by atoms with Crippen molar-refractivity contribution in [2.45, 2.75) is 18.9 Å². The predicted octanol–water partition coefficient (Wildman–Crippen LogP) is 3.31. The number of benzene rings is 2. The highest BCUT2D eigenvalue weighted by Crippen LogP contribution is 2.32. The van der Waals surface area contributed by atoms with Crippen LogP contribution in [0.2, 0.25) is 0 Å². The molecule has 158 valence electrons. The standard InChI is InChI=1S/C23H31N3O2.ClH/c1-17(20-11-7-8-12-22(20)28-3)25(2)23(27)16-26-14-19(13-24)21(15-26)18-9-5-4-6-10-18;/h4-12,17,19,21H,13-16,24H2,1-3H3;1H/t17?,19-,21+;/m1./s1. The molecule has 29 heavy (non-hydrogen) atoms. The fourth-order valence-corrected chi connectivity index (χ4v) is 4.15. The molecule has 1 fully saturated rings. The number of methoxy groups -OCH3 is 1. The van der Waals surface area contributed by atoms with Crippen molar-refractivity contribution in [3.63, 3.8) is 0 Å². The molecule has 0 aromatic heterocycles. The van der Waals surface area contributed by atoms with Gasteiger partial charge in [0.1, 0.15) is 5.75 Å². The number of rotatable bonds is 7. The van der Waals surface area contributed by atoms with Crippen LogP contribution in [0.5, 0.6) is 5.75 Å². The number of ether oxygens (including phenoxy) is 1. The molecule has 1 aliphatic heterocycles. The Morgan fingerprint density at radius 2 is 1.83 bits per heavy atom. The van der Waals surface area contributed by atoms with E-state index >= 15 is 0 Å². The van der Waals surface area contributed by atoms with Crippen LogP contribution in [-0.4, -0.2) is 56.0 Å². The third kappa shape index (κ3) is 5.30. The first-order valence-corrected chi connectivity index (χ1v) is 9.91. The van der Waals surface area contributed by atoms with Gasteiger partial charge in [-0.2, -0.15) is 0 Å². The number of likely N-dealkylation sites (N-methyl/N-ethyl adjacent to an activating group) is 1. The maximum atomic E-state index is 13.0. The van der Waals surface area contributed by atoms with Crippen molar-refractivity contribution in [1.29, 1.82) is 0 Å². The van der Waals surface area contributed by atoms with Gasteiger partial charge < -0.3 is 15.4 Å². The fraction of sp³-hybridized carbons (Fsp3) is 0.435. The Labute approximate surface area is 180 Å². The molecular weight excluding hydrogens is 386 g/mol. The summed E-state index contributed by atoms with van der Waals surface area (Å²) in [6.45, 7) is 4.82. The first-order valence-electron chi connectivity index (χ1n) is 9.91. The van der Waals surface area contributed by atoms with Crippen molar-refractivity contribution in [2.24, 2.45) is 11.7 Å². The largest absolute Gasteiger partial charge is 0.496 e. The molecule has 0 saturated carbocycles. The number of halogens is 1. The zero-order chi connectivity index (χ0) is 20.1. The van der Waals surface area contributed by atoms with E-state index in [1.807, 2.05) is 49.2 Å². The Bertz CT molecular complexity index is 787. The van der Waals surface area contributed by atoms with Gasteiger partial charge >= 0.3 is 0 Å². The van der Waals surface area contributed by atoms with Crippen LogP contribution in [0, 0.1) is 5.92 Å². The molecule has 1 unspecified atom stereocenters. The van der Waals surface area contributed by atoms with Crippen molar-refractivity contribution in [1.82, 2.24) is 9.80 Å². The highest BCUT2D eigenvalue weighted by Gasteiger charge is 2.34. The SMILES string of the molecule is COc1ccccc1C(C)N(C)C(=O)CN1C[C@@H](CN)[C@H](c2ccccc2)C1.Cl. The molecule has 2 aromatic carbocycles. The van der Waals surface area contributed by atoms with Gasteiger partial charge in [0.2, 0.25) is 5.91 Å². The zero-order valence-electron chi connectivity index (χ0n) is 17.5. The summed E-state index contributed by atoms with van der Waals surface area (Å²) >= 11 is 0. The molecule has 0 spiro atoms. The molecule has 1 saturated heterocycles. The van der Waals surface area contributed by atoms with Crippen LogP contribution in [0.4, 0.5) is 0 Å². The molecule has 2 N–H and O–H groups in total. The number of amides is 1. The van der Waals surface area contributed by atoms with E-state index < -0.39 is 0 Å². The lowest BCUT2D eigenvalue weighted by molar-refractivity contribution is -0.132. The Kier molecular flexibility index (Phi) is 8.50. The summed E-state index contributed by atoms with van der Waals surface area (Å²) in [6.07, 6.45) is 0. The number of para-hydroxylation sites is 1. The summed E-state index contributed by atoms with van der Waals surface area (Å²) in [5.74, 6) is 1.69. The molecule has 1 amide bonds. The maximum Gasteiger partial charge on any atom is 0.236 e. The van der Waals surface area contributed by atoms with Crippen molar-refractivity contribution < 1.29 is 9.53 Å². The lowest BCUT2D eigenvalue weighted by atomic mass is 9.89. The Morgan fingerprint density at radius 1 is 1.17 bits per heavy atom. The van der Waals surface area contributed by atoms with E-state index in [0.29, 0.717) is 24.9 Å². The lowest BCUT2D eigenvalue weighted by Crippen LogP contribution is -2.39. The van der Waals surface area contributed by atoms with E-state index in [9.17, 15) is 4.79 Å². The third-order valence-electron chi connectivity index (χ3n) is 5.97. The number of carbonyl (C=O) groups is 1. The van der Waals surface area contributed by atoms with Gasteiger partial charge in [0.05, 0.1) is 19.7 Å². The minimum Gasteiger partial charge on any atom is -0.496 e. The Morgan fingerprint density at radius 3 is 2.48 bits per heavy atom. The second-order valence-corrected chi connectivity index (χ2v) is 7.63. The topological polar surface area (TPSA) is 58.8 Å². The lowest BCUT2D eigenvalue weighted by Gasteiger charge is -2.28. The van der Waals surface area contributed by atoms with Crippen molar-refractivity contribution in [2.75, 3.05) is 40.3 Å². The minimum atomic E-state index is -0.0542. The first kappa shape index (κ1) is 23.2. The number of nitrogens with zero attached hydrogens (tertiary/aromatic N) is 2. The average Bonchev–Trinajstić information content (AvgIpc) is 3.16. The number of hydrogen-bond donors (Lipinski definition) is 1. The van der Waals surface area contributed by atoms with Gasteiger partial charge in [0.15, 0.2) is 0 Å². The Balaban J connectivity index is 0.00000300. The second-order valence-electron chi connectivity index (χ2n) is 7.63. The number of carbonyl (C=O) groups excluding carboxylic acids is 1. The van der Waals surface area contributed by atoms with Crippen LogP contribution >= 0.6 is 12.4 Å². The van der Waals surface area contributed by atoms with Crippen LogP contribution in [-0.2, 0) is 4.79 Å². The number of hydrogen-bond acceptors (Lipinski definition) is 4. The summed E-state index contributed by atoms with van der Waals surface area (Å²) in [4.78, 5) is 17.0. The smallest absolute Gasteiger partial charge is 0.236 e. The molecule has 5 nitrogen and oxygen atoms in total. The molecule has 6 heteroatoms. The molecular formula is C23H32ClN3O2. The quantitative estimate of drug-likeness (QED) is 0.750. The molecule has 0 radical (unpaired) electrons. The van der Waals surface area contributed by atoms with Gasteiger partial charge in [0, 0.05) is 31.6 Å². The van der Waals surface area contributed by atoms with Gasteiger partial charge in [0.25, 0.3) is 0 Å². The molecule has 3 atom stereocenters. The van der Waals surface area contributed by atoms with Crippen molar-refractivity contribution in [3.05, 3.63) is 65.7 Å². The third-order valence-corrected chi connectivity index (χ3v) is 5.97. The molecule has 0 aliphatic carbocycles. The molecule has 2 aromatic rings. The monoisotopic (exact) mass is 417 g/mol. The van der Waals surface area contributed by atoms with Gasteiger partial charge in [-0.05, 0) is 31.0 Å². The minimum absolute atomic E-state index is 0. The van der Waals surface area contributed by atoms with E-state index in [2.05, 4.69) is 29.2 Å². The van der Waals surface area contributed by atoms with E-state index in [1.165, 1.54) is 5.56 Å². The van der Waals surface area contributed by atoms with Crippen molar-refractivity contribution >= 4 is 18.3 Å². The molecule has 1 heterocycles. The highest BCUT2D eigenvalue weighted by molar-refractivity contribution is 5.85. The first-order chi connectivity index (χ1) is 13.5. The van der Waals surface area contributed by atoms with Crippen molar-refractivity contribution in [3.8, 4) is 5.75 Å². The van der Waals surface area contributed by atoms with E-state index in [-0.39, 0.29) is 24.4 Å². The second kappa shape index (κ2) is 10.6. The van der Waals surface area contributed by atoms with Crippen LogP contribution in [0.15, 0.2) is 54.6 Å². The molecule has 0 bridgehead atoms. The normalized spacial score (nSPS) is 20.0. The van der Waals surface area contributed by atoms with Crippen LogP contribution in [0.25, 0.3) is 0 Å². The van der Waals surface area contributed by atoms with Crippen LogP contribution in [0.1, 0.15) is 30.0 Å². The summed E-state index contributed by atoms with van der Waals surface area (Å²) in [7, 11) is 3.53. The van der Waals surface area contributed by atoms with E-state index in [4.69, 9.17) is 10.5 Å². The summed E-state index contributed by atoms with van der Waals surface area (Å²) < 4.78 is 5.46. The number of nitrogens with two attached hydrogens (primary N) is 1. The van der Waals surface area contributed by atoms with Gasteiger partial charge in [-0.15, -0.1) is 12.4 Å². The summed E-state index contributed by atoms with van der Waals surface area (Å²) in [5.41, 5.74) is 8.36. The fourth-order valence-electron chi connectivity index (χ4n) is 4.15. The van der Waals surface area contributed by atoms with E-state index in [0.717, 1.165) is 24.4 Å². The molecule has 3 rings (SSSR count). The van der Waals surface area contributed by atoms with Gasteiger partial charge in [-0.3, -0.25) is 9.69 Å². The van der Waals surface area contributed by atoms with E-state index in [1.54, 1.807) is 7.11 Å². The predicted molar refractivity (Wildman–Crippen MR) is 120 cm³/mol. The summed E-state index contributed by atoms with van der Waals surface area (Å²) in [6, 6.07) is 18.3.